The van der Waals surface area contributed by atoms with E-state index >= 15 is 0 Å². The molecule has 1 saturated carbocycles. The smallest absolute Gasteiger partial charge is 0.270 e. The topological polar surface area (TPSA) is 104 Å². The fourth-order valence-corrected chi connectivity index (χ4v) is 2.69. The maximum absolute atomic E-state index is 10.9. The van der Waals surface area contributed by atoms with E-state index in [0.29, 0.717) is 23.4 Å². The molecule has 1 aromatic carbocycles. The molecule has 0 atom stereocenters. The highest BCUT2D eigenvalue weighted by Gasteiger charge is 2.30. The molecule has 0 bridgehead atoms. The van der Waals surface area contributed by atoms with E-state index in [1.165, 1.54) is 18.5 Å². The van der Waals surface area contributed by atoms with Crippen molar-refractivity contribution in [1.82, 2.24) is 9.97 Å². The van der Waals surface area contributed by atoms with Gasteiger partial charge in [0.15, 0.2) is 0 Å². The van der Waals surface area contributed by atoms with Crippen molar-refractivity contribution in [1.29, 1.82) is 0 Å². The van der Waals surface area contributed by atoms with Gasteiger partial charge in [0.05, 0.1) is 21.4 Å². The molecule has 1 aliphatic rings. The van der Waals surface area contributed by atoms with Crippen molar-refractivity contribution in [2.75, 3.05) is 6.61 Å². The van der Waals surface area contributed by atoms with E-state index in [-0.39, 0.29) is 11.2 Å². The average molecular weight is 288 g/mol. The Morgan fingerprint density at radius 3 is 2.81 bits per heavy atom. The number of benzene rings is 1. The monoisotopic (exact) mass is 288 g/mol. The second-order valence-electron chi connectivity index (χ2n) is 5.50. The number of nitro groups is 1. The Kier molecular flexibility index (Phi) is 3.42. The van der Waals surface area contributed by atoms with Crippen LogP contribution in [0, 0.1) is 10.1 Å². The van der Waals surface area contributed by atoms with Gasteiger partial charge < -0.3 is 10.5 Å². The van der Waals surface area contributed by atoms with Crippen LogP contribution in [0.5, 0.6) is 5.88 Å². The summed E-state index contributed by atoms with van der Waals surface area (Å²) in [6.45, 7) is 0.363. The molecule has 0 saturated heterocycles. The van der Waals surface area contributed by atoms with Gasteiger partial charge in [0.25, 0.3) is 5.69 Å². The van der Waals surface area contributed by atoms with Crippen molar-refractivity contribution in [3.05, 3.63) is 34.6 Å². The molecule has 0 unspecified atom stereocenters. The van der Waals surface area contributed by atoms with Crippen molar-refractivity contribution in [2.24, 2.45) is 5.73 Å². The maximum Gasteiger partial charge on any atom is 0.270 e. The number of aromatic nitrogens is 2. The summed E-state index contributed by atoms with van der Waals surface area (Å²) in [7, 11) is 0. The number of hydrogen-bond donors (Lipinski definition) is 1. The van der Waals surface area contributed by atoms with E-state index in [1.54, 1.807) is 6.07 Å². The van der Waals surface area contributed by atoms with Gasteiger partial charge in [-0.05, 0) is 18.9 Å². The highest BCUT2D eigenvalue weighted by Crippen LogP contribution is 2.30. The Morgan fingerprint density at radius 1 is 1.33 bits per heavy atom. The minimum absolute atomic E-state index is 0.00882. The lowest BCUT2D eigenvalue weighted by Gasteiger charge is -2.23. The number of fused-ring (bicyclic) bond motifs is 1. The molecule has 0 aliphatic heterocycles. The van der Waals surface area contributed by atoms with Crippen LogP contribution in [0.4, 0.5) is 5.69 Å². The van der Waals surface area contributed by atoms with Crippen LogP contribution >= 0.6 is 0 Å². The molecule has 1 heterocycles. The Balaban J connectivity index is 1.90. The zero-order valence-corrected chi connectivity index (χ0v) is 11.5. The first-order chi connectivity index (χ1) is 10.1. The van der Waals surface area contributed by atoms with Gasteiger partial charge in [0.1, 0.15) is 12.9 Å². The second kappa shape index (κ2) is 5.25. The molecule has 0 radical (unpaired) electrons. The highest BCUT2D eigenvalue weighted by molar-refractivity contribution is 5.85. The normalized spacial score (nSPS) is 17.0. The van der Waals surface area contributed by atoms with Crippen molar-refractivity contribution in [3.63, 3.8) is 0 Å². The summed E-state index contributed by atoms with van der Waals surface area (Å²) in [5.74, 6) is 0.348. The molecule has 3 rings (SSSR count). The zero-order valence-electron chi connectivity index (χ0n) is 11.5. The molecule has 0 spiro atoms. The van der Waals surface area contributed by atoms with Crippen molar-refractivity contribution in [2.45, 2.75) is 31.2 Å². The van der Waals surface area contributed by atoms with Crippen LogP contribution in [0.15, 0.2) is 24.5 Å². The van der Waals surface area contributed by atoms with Gasteiger partial charge in [-0.2, -0.15) is 0 Å². The van der Waals surface area contributed by atoms with E-state index in [4.69, 9.17) is 10.5 Å². The van der Waals surface area contributed by atoms with Gasteiger partial charge >= 0.3 is 0 Å². The van der Waals surface area contributed by atoms with Crippen LogP contribution in [0.25, 0.3) is 10.9 Å². The van der Waals surface area contributed by atoms with Gasteiger partial charge in [0, 0.05) is 12.1 Å². The number of ether oxygens (including phenoxy) is 1. The first-order valence-electron chi connectivity index (χ1n) is 6.88. The summed E-state index contributed by atoms with van der Waals surface area (Å²) >= 11 is 0. The molecule has 7 nitrogen and oxygen atoms in total. The number of nitro benzene ring substituents is 1. The minimum atomic E-state index is -0.447. The number of non-ortho nitro benzene ring substituents is 1. The van der Waals surface area contributed by atoms with E-state index in [1.807, 2.05) is 0 Å². The first kappa shape index (κ1) is 13.7. The molecule has 0 amide bonds. The second-order valence-corrected chi connectivity index (χ2v) is 5.50. The molecule has 7 heteroatoms. The molecule has 2 aromatic rings. The fourth-order valence-electron chi connectivity index (χ4n) is 2.69. The van der Waals surface area contributed by atoms with Crippen LogP contribution < -0.4 is 10.5 Å². The molecule has 1 aliphatic carbocycles. The minimum Gasteiger partial charge on any atom is -0.475 e. The van der Waals surface area contributed by atoms with Gasteiger partial charge in [0.2, 0.25) is 5.88 Å². The average Bonchev–Trinajstić information content (AvgIpc) is 2.91. The third kappa shape index (κ3) is 2.78. The van der Waals surface area contributed by atoms with Crippen LogP contribution in [0.1, 0.15) is 25.7 Å². The predicted molar refractivity (Wildman–Crippen MR) is 77.1 cm³/mol. The third-order valence-electron chi connectivity index (χ3n) is 3.89. The number of nitrogens with zero attached hydrogens (tertiary/aromatic N) is 3. The summed E-state index contributed by atoms with van der Waals surface area (Å²) < 4.78 is 5.74. The Hall–Kier alpha value is -2.28. The van der Waals surface area contributed by atoms with Gasteiger partial charge in [-0.1, -0.05) is 12.8 Å². The summed E-state index contributed by atoms with van der Waals surface area (Å²) in [6, 6.07) is 4.44. The zero-order chi connectivity index (χ0) is 14.9. The van der Waals surface area contributed by atoms with E-state index in [2.05, 4.69) is 9.97 Å². The number of nitrogens with two attached hydrogens (primary N) is 1. The lowest BCUT2D eigenvalue weighted by Crippen LogP contribution is -2.42. The summed E-state index contributed by atoms with van der Waals surface area (Å²) in [5.41, 5.74) is 6.54. The first-order valence-corrected chi connectivity index (χ1v) is 6.88. The molecule has 1 aromatic heterocycles. The van der Waals surface area contributed by atoms with Crippen molar-refractivity contribution in [3.8, 4) is 5.88 Å². The molecule has 110 valence electrons. The summed E-state index contributed by atoms with van der Waals surface area (Å²) in [4.78, 5) is 18.6. The van der Waals surface area contributed by atoms with E-state index in [9.17, 15) is 10.1 Å². The Morgan fingerprint density at radius 2 is 2.10 bits per heavy atom. The van der Waals surface area contributed by atoms with Crippen LogP contribution in [0.2, 0.25) is 0 Å². The SMILES string of the molecule is NC1(COc2ncnc3ccc([N+](=O)[O-])cc23)CCCC1. The fraction of sp³-hybridized carbons (Fsp3) is 0.429. The van der Waals surface area contributed by atoms with Gasteiger partial charge in [-0.15, -0.1) is 0 Å². The largest absolute Gasteiger partial charge is 0.475 e. The summed E-state index contributed by atoms with van der Waals surface area (Å²) in [6.07, 6.45) is 5.46. The van der Waals surface area contributed by atoms with Crippen LogP contribution in [-0.4, -0.2) is 27.0 Å². The van der Waals surface area contributed by atoms with E-state index in [0.717, 1.165) is 25.7 Å². The van der Waals surface area contributed by atoms with E-state index < -0.39 is 4.92 Å². The Labute approximate surface area is 121 Å². The van der Waals surface area contributed by atoms with Crippen molar-refractivity contribution >= 4 is 16.6 Å². The molecular formula is C14H16N4O3. The quantitative estimate of drug-likeness (QED) is 0.683. The third-order valence-corrected chi connectivity index (χ3v) is 3.89. The lowest BCUT2D eigenvalue weighted by atomic mass is 10.0. The Bertz CT molecular complexity index is 683. The van der Waals surface area contributed by atoms with Crippen LogP contribution in [-0.2, 0) is 0 Å². The molecule has 2 N–H and O–H groups in total. The molecular weight excluding hydrogens is 272 g/mol. The summed E-state index contributed by atoms with van der Waals surface area (Å²) in [5, 5.41) is 11.4. The molecule has 1 fully saturated rings. The van der Waals surface area contributed by atoms with Gasteiger partial charge in [-0.25, -0.2) is 9.97 Å². The molecule has 21 heavy (non-hydrogen) atoms. The van der Waals surface area contributed by atoms with Crippen LogP contribution in [0.3, 0.4) is 0 Å². The lowest BCUT2D eigenvalue weighted by molar-refractivity contribution is -0.384. The number of hydrogen-bond acceptors (Lipinski definition) is 6. The predicted octanol–water partition coefficient (Wildman–Crippen LogP) is 2.19. The standard InChI is InChI=1S/C14H16N4O3/c15-14(5-1-2-6-14)8-21-13-11-7-10(18(19)20)3-4-12(11)16-9-17-13/h3-4,7,9H,1-2,5-6,8,15H2. The van der Waals surface area contributed by atoms with Gasteiger partial charge in [-0.3, -0.25) is 10.1 Å². The maximum atomic E-state index is 10.9. The van der Waals surface area contributed by atoms with Crippen molar-refractivity contribution < 1.29 is 9.66 Å². The highest BCUT2D eigenvalue weighted by atomic mass is 16.6. The number of rotatable bonds is 4.